The minimum absolute atomic E-state index is 0.0615. The minimum Gasteiger partial charge on any atom is -0.388 e. The number of H-pyrrole nitrogens is 1. The lowest BCUT2D eigenvalue weighted by atomic mass is 9.91. The largest absolute Gasteiger partial charge is 0.388 e. The number of aromatic amines is 1. The fourth-order valence-corrected chi connectivity index (χ4v) is 6.98. The average molecular weight is 638 g/mol. The molecule has 4 atom stereocenters. The first-order valence-electron chi connectivity index (χ1n) is 15.1. The van der Waals surface area contributed by atoms with Crippen LogP contribution in [-0.2, 0) is 6.42 Å². The standard InChI is InChI=1S/C33H41ClFN7OS/c1-19(36)5-4-6-21-13-27(31(35)28(34)14-21)30-15-23-18-42(33(43)41-32(23)40-30)25-9-7-22(8-10-25)29-17-26(44-3)16-24(39-29)11-12-38-20(2)37/h7-10,13-15,18-19,24,26,29,39H,4-6,11-12,16-17,36H2,1-3H3,(H2,37,38)(H,40,41,43)/t19-,24+,26?,29-/m0/s1. The second-order valence-electron chi connectivity index (χ2n) is 11.8. The van der Waals surface area contributed by atoms with Gasteiger partial charge in [-0.3, -0.25) is 9.56 Å². The van der Waals surface area contributed by atoms with Crippen molar-refractivity contribution in [2.24, 2.45) is 16.5 Å². The van der Waals surface area contributed by atoms with Gasteiger partial charge in [-0.25, -0.2) is 9.18 Å². The van der Waals surface area contributed by atoms with E-state index in [0.717, 1.165) is 44.1 Å². The number of aryl methyl sites for hydroxylation is 1. The molecule has 2 aromatic heterocycles. The third kappa shape index (κ3) is 7.72. The van der Waals surface area contributed by atoms with Gasteiger partial charge in [-0.2, -0.15) is 16.7 Å². The molecule has 3 heterocycles. The first-order valence-corrected chi connectivity index (χ1v) is 16.8. The number of nitrogens with one attached hydrogen (secondary N) is 2. The van der Waals surface area contributed by atoms with Gasteiger partial charge in [-0.05, 0) is 100 Å². The number of hydrogen-bond donors (Lipinski definition) is 4. The highest BCUT2D eigenvalue weighted by Gasteiger charge is 2.28. The number of aromatic nitrogens is 3. The van der Waals surface area contributed by atoms with Crippen LogP contribution in [-0.4, -0.2) is 50.5 Å². The molecule has 8 nitrogen and oxygen atoms in total. The van der Waals surface area contributed by atoms with Crippen LogP contribution in [0.25, 0.3) is 28.0 Å². The number of hydrogen-bond acceptors (Lipinski definition) is 6. The highest BCUT2D eigenvalue weighted by molar-refractivity contribution is 7.99. The Labute approximate surface area is 266 Å². The van der Waals surface area contributed by atoms with Crippen LogP contribution in [0.5, 0.6) is 0 Å². The number of nitrogens with two attached hydrogens (primary N) is 2. The molecule has 5 rings (SSSR count). The number of piperidine rings is 1. The molecule has 0 aliphatic carbocycles. The molecule has 1 fully saturated rings. The van der Waals surface area contributed by atoms with Crippen molar-refractivity contribution in [1.82, 2.24) is 19.9 Å². The fraction of sp³-hybridized carbons (Fsp3) is 0.424. The van der Waals surface area contributed by atoms with E-state index < -0.39 is 11.5 Å². The lowest BCUT2D eigenvalue weighted by molar-refractivity contribution is 0.322. The summed E-state index contributed by atoms with van der Waals surface area (Å²) in [5.41, 5.74) is 15.3. The van der Waals surface area contributed by atoms with Gasteiger partial charge in [0.2, 0.25) is 0 Å². The third-order valence-corrected chi connectivity index (χ3v) is 9.57. The van der Waals surface area contributed by atoms with E-state index >= 15 is 4.39 Å². The number of aliphatic imine (C=N–C) groups is 1. The van der Waals surface area contributed by atoms with E-state index in [1.807, 2.05) is 37.7 Å². The predicted octanol–water partition coefficient (Wildman–Crippen LogP) is 6.14. The summed E-state index contributed by atoms with van der Waals surface area (Å²) in [4.78, 5) is 24.8. The molecule has 1 aliphatic rings. The maximum atomic E-state index is 15.1. The number of amidine groups is 1. The molecule has 0 spiro atoms. The lowest BCUT2D eigenvalue weighted by Crippen LogP contribution is -2.42. The molecule has 6 N–H and O–H groups in total. The van der Waals surface area contributed by atoms with Crippen molar-refractivity contribution >= 4 is 40.2 Å². The molecule has 0 bridgehead atoms. The molecule has 2 aromatic carbocycles. The van der Waals surface area contributed by atoms with Gasteiger partial charge in [0.05, 0.1) is 22.2 Å². The Morgan fingerprint density at radius 1 is 1.25 bits per heavy atom. The minimum atomic E-state index is -0.510. The van der Waals surface area contributed by atoms with E-state index in [0.29, 0.717) is 51.7 Å². The van der Waals surface area contributed by atoms with Crippen molar-refractivity contribution in [2.45, 2.75) is 75.7 Å². The molecule has 234 valence electrons. The second-order valence-corrected chi connectivity index (χ2v) is 13.4. The van der Waals surface area contributed by atoms with E-state index in [1.54, 1.807) is 24.4 Å². The van der Waals surface area contributed by atoms with Crippen LogP contribution in [0.15, 0.2) is 58.4 Å². The van der Waals surface area contributed by atoms with E-state index in [9.17, 15) is 4.79 Å². The van der Waals surface area contributed by atoms with Crippen LogP contribution >= 0.6 is 23.4 Å². The summed E-state index contributed by atoms with van der Waals surface area (Å²) in [7, 11) is 0. The number of fused-ring (bicyclic) bond motifs is 1. The number of thioether (sulfide) groups is 1. The summed E-state index contributed by atoms with van der Waals surface area (Å²) in [6, 6.07) is 14.0. The molecule has 0 amide bonds. The highest BCUT2D eigenvalue weighted by atomic mass is 35.5. The van der Waals surface area contributed by atoms with E-state index in [4.69, 9.17) is 23.1 Å². The quantitative estimate of drug-likeness (QED) is 0.116. The highest BCUT2D eigenvalue weighted by Crippen LogP contribution is 2.34. The Bertz CT molecular complexity index is 1680. The molecule has 0 saturated carbocycles. The van der Waals surface area contributed by atoms with E-state index in [1.165, 1.54) is 10.1 Å². The smallest absolute Gasteiger partial charge is 0.354 e. The zero-order valence-electron chi connectivity index (χ0n) is 25.4. The molecule has 0 radical (unpaired) electrons. The topological polar surface area (TPSA) is 127 Å². The van der Waals surface area contributed by atoms with Gasteiger partial charge in [0.25, 0.3) is 0 Å². The SMILES string of the molecule is CSC1C[C@@H](CCN=C(C)N)N[C@H](c2ccc(-n3cc4cc(-c5cc(CCC[C@H](C)N)cc(Cl)c5F)[nH]c4nc3=O)cc2)C1. The normalized spacial score (nSPS) is 19.9. The summed E-state index contributed by atoms with van der Waals surface area (Å²) in [6.45, 7) is 4.50. The molecular formula is C33H41ClFN7OS. The average Bonchev–Trinajstić information content (AvgIpc) is 3.40. The lowest BCUT2D eigenvalue weighted by Gasteiger charge is -2.36. The maximum absolute atomic E-state index is 15.1. The monoisotopic (exact) mass is 637 g/mol. The molecule has 1 unspecified atom stereocenters. The van der Waals surface area contributed by atoms with Crippen LogP contribution in [0.2, 0.25) is 5.02 Å². The maximum Gasteiger partial charge on any atom is 0.354 e. The van der Waals surface area contributed by atoms with Crippen molar-refractivity contribution in [2.75, 3.05) is 12.8 Å². The van der Waals surface area contributed by atoms with Crippen molar-refractivity contribution in [3.8, 4) is 16.9 Å². The van der Waals surface area contributed by atoms with Gasteiger partial charge in [-0.15, -0.1) is 0 Å². The van der Waals surface area contributed by atoms with Crippen LogP contribution in [0.4, 0.5) is 4.39 Å². The van der Waals surface area contributed by atoms with Crippen LogP contribution in [0.3, 0.4) is 0 Å². The van der Waals surface area contributed by atoms with Gasteiger partial charge in [-0.1, -0.05) is 23.7 Å². The van der Waals surface area contributed by atoms with E-state index in [-0.39, 0.29) is 17.1 Å². The van der Waals surface area contributed by atoms with Gasteiger partial charge in [0, 0.05) is 47.1 Å². The molecule has 44 heavy (non-hydrogen) atoms. The summed E-state index contributed by atoms with van der Waals surface area (Å²) < 4.78 is 16.7. The van der Waals surface area contributed by atoms with Gasteiger partial charge < -0.3 is 21.8 Å². The number of rotatable bonds is 11. The Hall–Kier alpha value is -3.18. The molecule has 4 aromatic rings. The Morgan fingerprint density at radius 2 is 2.02 bits per heavy atom. The summed E-state index contributed by atoms with van der Waals surface area (Å²) in [6.07, 6.45) is 9.47. The van der Waals surface area contributed by atoms with Crippen molar-refractivity contribution in [3.63, 3.8) is 0 Å². The van der Waals surface area contributed by atoms with Crippen LogP contribution < -0.4 is 22.5 Å². The summed E-state index contributed by atoms with van der Waals surface area (Å²) >= 11 is 8.17. The van der Waals surface area contributed by atoms with Gasteiger partial charge in [0.15, 0.2) is 5.82 Å². The fourth-order valence-electron chi connectivity index (χ4n) is 5.93. The van der Waals surface area contributed by atoms with Gasteiger partial charge in [0.1, 0.15) is 5.65 Å². The van der Waals surface area contributed by atoms with Crippen LogP contribution in [0.1, 0.15) is 63.1 Å². The molecule has 11 heteroatoms. The van der Waals surface area contributed by atoms with E-state index in [2.05, 4.69) is 38.7 Å². The zero-order chi connectivity index (χ0) is 31.4. The summed E-state index contributed by atoms with van der Waals surface area (Å²) in [5, 5.41) is 5.10. The van der Waals surface area contributed by atoms with Crippen LogP contribution in [0, 0.1) is 5.82 Å². The number of nitrogens with zero attached hydrogens (tertiary/aromatic N) is 3. The molecular weight excluding hydrogens is 597 g/mol. The molecule has 1 saturated heterocycles. The Balaban J connectivity index is 1.37. The third-order valence-electron chi connectivity index (χ3n) is 8.24. The zero-order valence-corrected chi connectivity index (χ0v) is 27.0. The predicted molar refractivity (Wildman–Crippen MR) is 182 cm³/mol. The van der Waals surface area contributed by atoms with Crippen molar-refractivity contribution in [1.29, 1.82) is 0 Å². The van der Waals surface area contributed by atoms with Crippen molar-refractivity contribution < 1.29 is 4.39 Å². The van der Waals surface area contributed by atoms with Gasteiger partial charge >= 0.3 is 5.69 Å². The number of benzene rings is 2. The van der Waals surface area contributed by atoms with Crippen molar-refractivity contribution in [3.05, 3.63) is 81.1 Å². The molecule has 1 aliphatic heterocycles. The Morgan fingerprint density at radius 3 is 2.73 bits per heavy atom. The summed E-state index contributed by atoms with van der Waals surface area (Å²) in [5.74, 6) is 0.104. The Kier molecular flexibility index (Phi) is 10.5. The second kappa shape index (κ2) is 14.3. The number of halogens is 2. The first kappa shape index (κ1) is 32.2. The first-order chi connectivity index (χ1) is 21.1.